The molecule has 0 fully saturated rings. The predicted octanol–water partition coefficient (Wildman–Crippen LogP) is 5.05. The Morgan fingerprint density at radius 3 is 2.39 bits per heavy atom. The lowest BCUT2D eigenvalue weighted by Gasteiger charge is -2.08. The maximum atomic E-state index is 12.2. The molecule has 7 heteroatoms. The summed E-state index contributed by atoms with van der Waals surface area (Å²) in [6.07, 6.45) is 0. The Labute approximate surface area is 172 Å². The zero-order valence-corrected chi connectivity index (χ0v) is 16.2. The molecule has 0 aromatic heterocycles. The minimum atomic E-state index is -0.640. The van der Waals surface area contributed by atoms with E-state index in [9.17, 15) is 4.79 Å². The molecule has 3 aromatic rings. The third-order valence-corrected chi connectivity index (χ3v) is 4.49. The van der Waals surface area contributed by atoms with Crippen LogP contribution in [-0.2, 0) is 11.4 Å². The topological polar surface area (TPSA) is 73.9 Å². The van der Waals surface area contributed by atoms with Gasteiger partial charge in [0.05, 0.1) is 15.6 Å². The normalized spacial score (nSPS) is 11.1. The van der Waals surface area contributed by atoms with Gasteiger partial charge >= 0.3 is 5.97 Å². The number of amidine groups is 1. The molecule has 142 valence electrons. The summed E-state index contributed by atoms with van der Waals surface area (Å²) in [5.74, 6) is -0.0274. The van der Waals surface area contributed by atoms with E-state index in [0.717, 1.165) is 5.56 Å². The number of nitrogens with two attached hydrogens (primary N) is 1. The highest BCUT2D eigenvalue weighted by Crippen LogP contribution is 2.23. The second-order valence-corrected chi connectivity index (χ2v) is 6.60. The molecule has 0 heterocycles. The molecule has 0 amide bonds. The molecule has 0 aliphatic heterocycles. The monoisotopic (exact) mass is 414 g/mol. The Morgan fingerprint density at radius 1 is 0.893 bits per heavy atom. The van der Waals surface area contributed by atoms with E-state index in [-0.39, 0.29) is 18.0 Å². The van der Waals surface area contributed by atoms with Crippen LogP contribution < -0.4 is 10.5 Å². The van der Waals surface area contributed by atoms with Gasteiger partial charge in [-0.1, -0.05) is 70.8 Å². The smallest absolute Gasteiger partial charge is 0.365 e. The van der Waals surface area contributed by atoms with Crippen LogP contribution in [0.1, 0.15) is 21.5 Å². The van der Waals surface area contributed by atoms with E-state index in [1.165, 1.54) is 0 Å². The Bertz CT molecular complexity index is 1010. The van der Waals surface area contributed by atoms with Crippen LogP contribution in [0.25, 0.3) is 0 Å². The first-order valence-corrected chi connectivity index (χ1v) is 9.05. The molecule has 0 bridgehead atoms. The first kappa shape index (κ1) is 19.7. The summed E-state index contributed by atoms with van der Waals surface area (Å²) in [6, 6.07) is 20.8. The molecule has 0 unspecified atom stereocenters. The lowest BCUT2D eigenvalue weighted by atomic mass is 10.2. The highest BCUT2D eigenvalue weighted by Gasteiger charge is 2.10. The molecule has 3 aromatic carbocycles. The highest BCUT2D eigenvalue weighted by molar-refractivity contribution is 6.42. The molecule has 0 saturated carbocycles. The largest absolute Gasteiger partial charge is 0.489 e. The number of hydrogen-bond donors (Lipinski definition) is 1. The summed E-state index contributed by atoms with van der Waals surface area (Å²) in [5.41, 5.74) is 7.61. The molecule has 0 spiro atoms. The fourth-order valence-corrected chi connectivity index (χ4v) is 2.63. The van der Waals surface area contributed by atoms with E-state index in [4.69, 9.17) is 38.5 Å². The van der Waals surface area contributed by atoms with Gasteiger partial charge in [0, 0.05) is 5.56 Å². The quantitative estimate of drug-likeness (QED) is 0.265. The van der Waals surface area contributed by atoms with E-state index in [1.807, 2.05) is 24.3 Å². The van der Waals surface area contributed by atoms with Crippen LogP contribution >= 0.6 is 23.2 Å². The third-order valence-electron chi connectivity index (χ3n) is 3.76. The summed E-state index contributed by atoms with van der Waals surface area (Å²) in [4.78, 5) is 17.1. The van der Waals surface area contributed by atoms with Crippen LogP contribution in [0.15, 0.2) is 78.0 Å². The predicted molar refractivity (Wildman–Crippen MR) is 110 cm³/mol. The van der Waals surface area contributed by atoms with E-state index in [2.05, 4.69) is 5.16 Å². The number of nitrogens with zero attached hydrogens (tertiary/aromatic N) is 1. The van der Waals surface area contributed by atoms with Gasteiger partial charge in [-0.25, -0.2) is 4.79 Å². The fraction of sp³-hybridized carbons (Fsp3) is 0.0476. The van der Waals surface area contributed by atoms with Crippen molar-refractivity contribution in [1.82, 2.24) is 0 Å². The molecule has 0 atom stereocenters. The molecule has 0 aliphatic carbocycles. The van der Waals surface area contributed by atoms with Crippen molar-refractivity contribution in [3.8, 4) is 5.75 Å². The van der Waals surface area contributed by atoms with Crippen LogP contribution in [-0.4, -0.2) is 11.8 Å². The molecule has 3 rings (SSSR count). The number of carbonyl (C=O) groups excluding carboxylic acids is 1. The van der Waals surface area contributed by atoms with Gasteiger partial charge in [0.2, 0.25) is 0 Å². The zero-order chi connectivity index (χ0) is 19.9. The SMILES string of the molecule is N/C(=N/OC(=O)c1cccc(OCc2ccc(Cl)c(Cl)c2)c1)c1ccccc1. The van der Waals surface area contributed by atoms with Crippen molar-refractivity contribution >= 4 is 35.0 Å². The van der Waals surface area contributed by atoms with Gasteiger partial charge in [0.15, 0.2) is 5.84 Å². The van der Waals surface area contributed by atoms with Crippen molar-refractivity contribution in [3.05, 3.63) is 99.5 Å². The second-order valence-electron chi connectivity index (χ2n) is 5.79. The van der Waals surface area contributed by atoms with Crippen LogP contribution in [0.3, 0.4) is 0 Å². The lowest BCUT2D eigenvalue weighted by molar-refractivity contribution is 0.0515. The second kappa shape index (κ2) is 9.26. The molecule has 2 N–H and O–H groups in total. The van der Waals surface area contributed by atoms with Crippen molar-refractivity contribution < 1.29 is 14.4 Å². The summed E-state index contributed by atoms with van der Waals surface area (Å²) >= 11 is 11.9. The molecule has 5 nitrogen and oxygen atoms in total. The number of hydrogen-bond acceptors (Lipinski definition) is 4. The number of halogens is 2. The van der Waals surface area contributed by atoms with Crippen molar-refractivity contribution in [2.75, 3.05) is 0 Å². The van der Waals surface area contributed by atoms with Gasteiger partial charge in [-0.2, -0.15) is 0 Å². The van der Waals surface area contributed by atoms with Gasteiger partial charge in [-0.05, 0) is 35.9 Å². The van der Waals surface area contributed by atoms with Crippen molar-refractivity contribution in [3.63, 3.8) is 0 Å². The van der Waals surface area contributed by atoms with Crippen molar-refractivity contribution in [1.29, 1.82) is 0 Å². The number of rotatable bonds is 6. The number of ether oxygens (including phenoxy) is 1. The lowest BCUT2D eigenvalue weighted by Crippen LogP contribution is -2.15. The average molecular weight is 415 g/mol. The molecule has 28 heavy (non-hydrogen) atoms. The Kier molecular flexibility index (Phi) is 6.53. The first-order valence-electron chi connectivity index (χ1n) is 8.30. The van der Waals surface area contributed by atoms with Gasteiger partial charge in [0.1, 0.15) is 12.4 Å². The summed E-state index contributed by atoms with van der Waals surface area (Å²) in [5, 5.41) is 4.62. The van der Waals surface area contributed by atoms with Crippen molar-refractivity contribution in [2.24, 2.45) is 10.9 Å². The van der Waals surface area contributed by atoms with E-state index in [0.29, 0.717) is 21.4 Å². The average Bonchev–Trinajstić information content (AvgIpc) is 2.73. The van der Waals surface area contributed by atoms with Gasteiger partial charge < -0.3 is 15.3 Å². The molecular weight excluding hydrogens is 399 g/mol. The van der Waals surface area contributed by atoms with Gasteiger partial charge in [-0.3, -0.25) is 0 Å². The van der Waals surface area contributed by atoms with Gasteiger partial charge in [0.25, 0.3) is 0 Å². The first-order chi connectivity index (χ1) is 13.5. The Morgan fingerprint density at radius 2 is 1.64 bits per heavy atom. The summed E-state index contributed by atoms with van der Waals surface area (Å²) in [7, 11) is 0. The maximum absolute atomic E-state index is 12.2. The zero-order valence-electron chi connectivity index (χ0n) is 14.6. The van der Waals surface area contributed by atoms with Crippen LogP contribution in [0, 0.1) is 0 Å². The standard InChI is InChI=1S/C21H16Cl2N2O3/c22-18-10-9-14(11-19(18)23)13-27-17-8-4-7-16(12-17)21(26)28-25-20(24)15-5-2-1-3-6-15/h1-12H,13H2,(H2,24,25). The Balaban J connectivity index is 1.63. The van der Waals surface area contributed by atoms with Crippen LogP contribution in [0.5, 0.6) is 5.75 Å². The van der Waals surface area contributed by atoms with Crippen LogP contribution in [0.4, 0.5) is 0 Å². The molecule has 0 saturated heterocycles. The van der Waals surface area contributed by atoms with E-state index < -0.39 is 5.97 Å². The molecule has 0 aliphatic rings. The minimum Gasteiger partial charge on any atom is -0.489 e. The molecule has 0 radical (unpaired) electrons. The van der Waals surface area contributed by atoms with Crippen LogP contribution in [0.2, 0.25) is 10.0 Å². The summed E-state index contributed by atoms with van der Waals surface area (Å²) in [6.45, 7) is 0.272. The van der Waals surface area contributed by atoms with Gasteiger partial charge in [-0.15, -0.1) is 0 Å². The third kappa shape index (κ3) is 5.25. The number of oxime groups is 1. The molecular formula is C21H16Cl2N2O3. The number of carbonyl (C=O) groups is 1. The van der Waals surface area contributed by atoms with E-state index in [1.54, 1.807) is 48.5 Å². The summed E-state index contributed by atoms with van der Waals surface area (Å²) < 4.78 is 5.70. The van der Waals surface area contributed by atoms with E-state index >= 15 is 0 Å². The maximum Gasteiger partial charge on any atom is 0.365 e. The highest BCUT2D eigenvalue weighted by atomic mass is 35.5. The minimum absolute atomic E-state index is 0.112. The fourth-order valence-electron chi connectivity index (χ4n) is 2.31. The Hall–Kier alpha value is -3.02. The van der Waals surface area contributed by atoms with Crippen molar-refractivity contribution in [2.45, 2.75) is 6.61 Å². The number of benzene rings is 3.